The van der Waals surface area contributed by atoms with Crippen molar-refractivity contribution in [1.82, 2.24) is 9.80 Å². The van der Waals surface area contributed by atoms with Gasteiger partial charge in [0.15, 0.2) is 0 Å². The number of nitrogens with zero attached hydrogens (tertiary/aromatic N) is 2. The number of nitrogens with two attached hydrogens (primary N) is 1. The first kappa shape index (κ1) is 12.9. The Kier molecular flexibility index (Phi) is 5.58. The average molecular weight is 213 g/mol. The molecule has 3 heteroatoms. The van der Waals surface area contributed by atoms with E-state index in [1.54, 1.807) is 0 Å². The highest BCUT2D eigenvalue weighted by Crippen LogP contribution is 2.12. The molecule has 0 spiro atoms. The van der Waals surface area contributed by atoms with Crippen LogP contribution < -0.4 is 5.73 Å². The first-order chi connectivity index (χ1) is 7.19. The van der Waals surface area contributed by atoms with E-state index in [4.69, 9.17) is 5.73 Å². The smallest absolute Gasteiger partial charge is 0.0242 e. The van der Waals surface area contributed by atoms with E-state index in [1.165, 1.54) is 39.1 Å². The molecule has 2 N–H and O–H groups in total. The van der Waals surface area contributed by atoms with E-state index < -0.39 is 0 Å². The maximum absolute atomic E-state index is 5.84. The summed E-state index contributed by atoms with van der Waals surface area (Å²) in [5, 5.41) is 0. The van der Waals surface area contributed by atoms with E-state index in [9.17, 15) is 0 Å². The van der Waals surface area contributed by atoms with Gasteiger partial charge in [-0.25, -0.2) is 0 Å². The fourth-order valence-corrected chi connectivity index (χ4v) is 2.48. The van der Waals surface area contributed by atoms with Crippen molar-refractivity contribution in [3.8, 4) is 0 Å². The Morgan fingerprint density at radius 3 is 2.13 bits per heavy atom. The van der Waals surface area contributed by atoms with Gasteiger partial charge >= 0.3 is 0 Å². The van der Waals surface area contributed by atoms with Gasteiger partial charge in [-0.05, 0) is 18.9 Å². The monoisotopic (exact) mass is 213 g/mol. The highest BCUT2D eigenvalue weighted by atomic mass is 15.3. The molecule has 0 amide bonds. The summed E-state index contributed by atoms with van der Waals surface area (Å²) in [7, 11) is 0. The Morgan fingerprint density at radius 2 is 1.73 bits per heavy atom. The largest absolute Gasteiger partial charge is 0.329 e. The van der Waals surface area contributed by atoms with Crippen LogP contribution in [0.1, 0.15) is 27.2 Å². The molecule has 1 unspecified atom stereocenters. The van der Waals surface area contributed by atoms with Gasteiger partial charge in [-0.1, -0.05) is 20.8 Å². The molecule has 0 aromatic heterocycles. The predicted octanol–water partition coefficient (Wildman–Crippen LogP) is 0.997. The predicted molar refractivity (Wildman–Crippen MR) is 66.0 cm³/mol. The van der Waals surface area contributed by atoms with Gasteiger partial charge in [-0.3, -0.25) is 4.90 Å². The summed E-state index contributed by atoms with van der Waals surface area (Å²) < 4.78 is 0. The Balaban J connectivity index is 2.35. The van der Waals surface area contributed by atoms with Crippen LogP contribution in [0.5, 0.6) is 0 Å². The van der Waals surface area contributed by atoms with E-state index in [0.717, 1.165) is 6.54 Å². The number of hydrogen-bond acceptors (Lipinski definition) is 3. The molecule has 1 aliphatic heterocycles. The molecule has 0 bridgehead atoms. The summed E-state index contributed by atoms with van der Waals surface area (Å²) in [5.41, 5.74) is 5.84. The minimum atomic E-state index is 0.578. The molecule has 90 valence electrons. The quantitative estimate of drug-likeness (QED) is 0.739. The van der Waals surface area contributed by atoms with Crippen LogP contribution in [-0.4, -0.2) is 55.1 Å². The summed E-state index contributed by atoms with van der Waals surface area (Å²) >= 11 is 0. The van der Waals surface area contributed by atoms with Crippen LogP contribution in [0.15, 0.2) is 0 Å². The van der Waals surface area contributed by atoms with Gasteiger partial charge in [-0.2, -0.15) is 0 Å². The number of hydrogen-bond donors (Lipinski definition) is 1. The SMILES string of the molecule is CCCN1CCN(C(CN)C(C)C)CC1. The third-order valence-corrected chi connectivity index (χ3v) is 3.43. The third kappa shape index (κ3) is 3.74. The average Bonchev–Trinajstić information content (AvgIpc) is 2.21. The summed E-state index contributed by atoms with van der Waals surface area (Å²) in [6, 6.07) is 0.578. The van der Waals surface area contributed by atoms with E-state index >= 15 is 0 Å². The van der Waals surface area contributed by atoms with Crippen LogP contribution in [0.2, 0.25) is 0 Å². The standard InChI is InChI=1S/C12H27N3/c1-4-5-14-6-8-15(9-7-14)12(10-13)11(2)3/h11-12H,4-10,13H2,1-3H3. The van der Waals surface area contributed by atoms with Crippen molar-refractivity contribution < 1.29 is 0 Å². The van der Waals surface area contributed by atoms with Crippen molar-refractivity contribution >= 4 is 0 Å². The number of rotatable bonds is 5. The molecule has 0 radical (unpaired) electrons. The van der Waals surface area contributed by atoms with Crippen LogP contribution in [0.3, 0.4) is 0 Å². The maximum atomic E-state index is 5.84. The maximum Gasteiger partial charge on any atom is 0.0242 e. The van der Waals surface area contributed by atoms with Crippen molar-refractivity contribution in [2.45, 2.75) is 33.2 Å². The molecule has 0 aliphatic carbocycles. The fourth-order valence-electron chi connectivity index (χ4n) is 2.48. The molecule has 1 heterocycles. The number of piperazine rings is 1. The molecular formula is C12H27N3. The molecule has 0 aromatic rings. The zero-order valence-electron chi connectivity index (χ0n) is 10.6. The second-order valence-corrected chi connectivity index (χ2v) is 4.92. The highest BCUT2D eigenvalue weighted by Gasteiger charge is 2.24. The van der Waals surface area contributed by atoms with Gasteiger partial charge < -0.3 is 10.6 Å². The lowest BCUT2D eigenvalue weighted by Gasteiger charge is -2.40. The van der Waals surface area contributed by atoms with Crippen LogP contribution >= 0.6 is 0 Å². The van der Waals surface area contributed by atoms with Crippen molar-refractivity contribution in [3.63, 3.8) is 0 Å². The van der Waals surface area contributed by atoms with Gasteiger partial charge in [0.2, 0.25) is 0 Å². The Bertz CT molecular complexity index is 162. The lowest BCUT2D eigenvalue weighted by molar-refractivity contribution is 0.0799. The van der Waals surface area contributed by atoms with Gasteiger partial charge in [0.05, 0.1) is 0 Å². The fraction of sp³-hybridized carbons (Fsp3) is 1.00. The molecule has 1 saturated heterocycles. The van der Waals surface area contributed by atoms with Gasteiger partial charge in [0.1, 0.15) is 0 Å². The molecule has 1 fully saturated rings. The topological polar surface area (TPSA) is 32.5 Å². The minimum Gasteiger partial charge on any atom is -0.329 e. The molecule has 0 aromatic carbocycles. The van der Waals surface area contributed by atoms with Crippen LogP contribution in [-0.2, 0) is 0 Å². The van der Waals surface area contributed by atoms with Gasteiger partial charge in [-0.15, -0.1) is 0 Å². The molecular weight excluding hydrogens is 186 g/mol. The minimum absolute atomic E-state index is 0.578. The Morgan fingerprint density at radius 1 is 1.13 bits per heavy atom. The molecule has 1 atom stereocenters. The van der Waals surface area contributed by atoms with Gasteiger partial charge in [0.25, 0.3) is 0 Å². The lowest BCUT2D eigenvalue weighted by Crippen LogP contribution is -2.54. The van der Waals surface area contributed by atoms with Crippen LogP contribution in [0.25, 0.3) is 0 Å². The van der Waals surface area contributed by atoms with Gasteiger partial charge in [0, 0.05) is 38.8 Å². The van der Waals surface area contributed by atoms with Crippen molar-refractivity contribution in [3.05, 3.63) is 0 Å². The summed E-state index contributed by atoms with van der Waals surface area (Å²) in [4.78, 5) is 5.13. The van der Waals surface area contributed by atoms with E-state index in [0.29, 0.717) is 12.0 Å². The second-order valence-electron chi connectivity index (χ2n) is 4.92. The normalized spacial score (nSPS) is 22.2. The molecule has 3 nitrogen and oxygen atoms in total. The van der Waals surface area contributed by atoms with Crippen LogP contribution in [0, 0.1) is 5.92 Å². The highest BCUT2D eigenvalue weighted by molar-refractivity contribution is 4.80. The zero-order chi connectivity index (χ0) is 11.3. The molecule has 0 saturated carbocycles. The zero-order valence-corrected chi connectivity index (χ0v) is 10.6. The summed E-state index contributed by atoms with van der Waals surface area (Å²) in [5.74, 6) is 0.674. The van der Waals surface area contributed by atoms with E-state index in [-0.39, 0.29) is 0 Å². The molecule has 1 rings (SSSR count). The molecule has 1 aliphatic rings. The summed E-state index contributed by atoms with van der Waals surface area (Å²) in [6.07, 6.45) is 1.27. The first-order valence-electron chi connectivity index (χ1n) is 6.35. The molecule has 15 heavy (non-hydrogen) atoms. The van der Waals surface area contributed by atoms with E-state index in [2.05, 4.69) is 30.6 Å². The Labute approximate surface area is 94.6 Å². The Hall–Kier alpha value is -0.120. The van der Waals surface area contributed by atoms with Crippen molar-refractivity contribution in [2.75, 3.05) is 39.3 Å². The second kappa shape index (κ2) is 6.46. The summed E-state index contributed by atoms with van der Waals surface area (Å²) in [6.45, 7) is 13.7. The third-order valence-electron chi connectivity index (χ3n) is 3.43. The van der Waals surface area contributed by atoms with Crippen molar-refractivity contribution in [2.24, 2.45) is 11.7 Å². The first-order valence-corrected chi connectivity index (χ1v) is 6.35. The lowest BCUT2D eigenvalue weighted by atomic mass is 10.0. The van der Waals surface area contributed by atoms with E-state index in [1.807, 2.05) is 0 Å². The van der Waals surface area contributed by atoms with Crippen molar-refractivity contribution in [1.29, 1.82) is 0 Å². The van der Waals surface area contributed by atoms with Crippen LogP contribution in [0.4, 0.5) is 0 Å².